The fourth-order valence-electron chi connectivity index (χ4n) is 1.25. The predicted molar refractivity (Wildman–Crippen MR) is 61.6 cm³/mol. The summed E-state index contributed by atoms with van der Waals surface area (Å²) in [6, 6.07) is 6.75. The molecular formula is C13H16O2. The Morgan fingerprint density at radius 3 is 2.47 bits per heavy atom. The van der Waals surface area contributed by atoms with Crippen molar-refractivity contribution in [3.8, 4) is 5.75 Å². The molecule has 0 aliphatic carbocycles. The fourth-order valence-corrected chi connectivity index (χ4v) is 1.25. The summed E-state index contributed by atoms with van der Waals surface area (Å²) in [7, 11) is 0. The SMILES string of the molecule is CC(C)CC(=O)/C=C/c1ccc(O)cc1. The molecule has 2 heteroatoms. The third-order valence-electron chi connectivity index (χ3n) is 1.96. The molecule has 0 amide bonds. The second-order valence-electron chi connectivity index (χ2n) is 3.99. The molecule has 0 aliphatic heterocycles. The lowest BCUT2D eigenvalue weighted by Crippen LogP contribution is -1.98. The van der Waals surface area contributed by atoms with E-state index in [0.717, 1.165) is 5.56 Å². The van der Waals surface area contributed by atoms with Crippen LogP contribution in [0.15, 0.2) is 30.3 Å². The first-order chi connectivity index (χ1) is 7.08. The first-order valence-corrected chi connectivity index (χ1v) is 5.08. The van der Waals surface area contributed by atoms with Gasteiger partial charge in [-0.3, -0.25) is 4.79 Å². The monoisotopic (exact) mass is 204 g/mol. The van der Waals surface area contributed by atoms with E-state index >= 15 is 0 Å². The molecular weight excluding hydrogens is 188 g/mol. The zero-order valence-electron chi connectivity index (χ0n) is 9.10. The Labute approximate surface area is 90.3 Å². The molecule has 0 spiro atoms. The lowest BCUT2D eigenvalue weighted by Gasteiger charge is -1.98. The zero-order valence-corrected chi connectivity index (χ0v) is 9.10. The van der Waals surface area contributed by atoms with E-state index in [1.807, 2.05) is 13.8 Å². The van der Waals surface area contributed by atoms with Crippen LogP contribution in [-0.4, -0.2) is 10.9 Å². The Bertz CT molecular complexity index is 347. The molecule has 1 aromatic rings. The van der Waals surface area contributed by atoms with Crippen LogP contribution in [0.25, 0.3) is 6.08 Å². The molecule has 0 unspecified atom stereocenters. The molecule has 0 heterocycles. The lowest BCUT2D eigenvalue weighted by atomic mass is 10.1. The molecule has 80 valence electrons. The topological polar surface area (TPSA) is 37.3 Å². The summed E-state index contributed by atoms with van der Waals surface area (Å²) in [5, 5.41) is 9.06. The summed E-state index contributed by atoms with van der Waals surface area (Å²) < 4.78 is 0. The molecule has 0 saturated carbocycles. The van der Waals surface area contributed by atoms with Crippen LogP contribution in [0.4, 0.5) is 0 Å². The van der Waals surface area contributed by atoms with E-state index < -0.39 is 0 Å². The lowest BCUT2D eigenvalue weighted by molar-refractivity contribution is -0.115. The zero-order chi connectivity index (χ0) is 11.3. The highest BCUT2D eigenvalue weighted by Gasteiger charge is 2.00. The number of rotatable bonds is 4. The maximum Gasteiger partial charge on any atom is 0.155 e. The summed E-state index contributed by atoms with van der Waals surface area (Å²) in [6.07, 6.45) is 3.94. The van der Waals surface area contributed by atoms with Crippen molar-refractivity contribution < 1.29 is 9.90 Å². The van der Waals surface area contributed by atoms with Gasteiger partial charge in [-0.1, -0.05) is 32.1 Å². The molecule has 0 saturated heterocycles. The molecule has 1 rings (SSSR count). The second kappa shape index (κ2) is 5.35. The first-order valence-electron chi connectivity index (χ1n) is 5.08. The van der Waals surface area contributed by atoms with Gasteiger partial charge in [0.15, 0.2) is 5.78 Å². The number of hydrogen-bond acceptors (Lipinski definition) is 2. The largest absolute Gasteiger partial charge is 0.508 e. The Kier molecular flexibility index (Phi) is 4.10. The normalized spacial score (nSPS) is 11.1. The average molecular weight is 204 g/mol. The molecule has 0 atom stereocenters. The number of allylic oxidation sites excluding steroid dienone is 1. The van der Waals surface area contributed by atoms with Gasteiger partial charge in [0.2, 0.25) is 0 Å². The van der Waals surface area contributed by atoms with Crippen molar-refractivity contribution in [2.75, 3.05) is 0 Å². The van der Waals surface area contributed by atoms with Gasteiger partial charge in [0.1, 0.15) is 5.75 Å². The summed E-state index contributed by atoms with van der Waals surface area (Å²) in [6.45, 7) is 4.04. The minimum Gasteiger partial charge on any atom is -0.508 e. The van der Waals surface area contributed by atoms with Gasteiger partial charge in [0.25, 0.3) is 0 Å². The van der Waals surface area contributed by atoms with Crippen molar-refractivity contribution in [2.24, 2.45) is 5.92 Å². The predicted octanol–water partition coefficient (Wildman–Crippen LogP) is 3.02. The van der Waals surface area contributed by atoms with E-state index in [2.05, 4.69) is 0 Å². The molecule has 0 bridgehead atoms. The van der Waals surface area contributed by atoms with Crippen molar-refractivity contribution in [3.05, 3.63) is 35.9 Å². The fraction of sp³-hybridized carbons (Fsp3) is 0.308. The standard InChI is InChI=1S/C13H16O2/c1-10(2)9-13(15)8-5-11-3-6-12(14)7-4-11/h3-8,10,14H,9H2,1-2H3/b8-5+. The van der Waals surface area contributed by atoms with E-state index in [0.29, 0.717) is 12.3 Å². The Balaban J connectivity index is 2.57. The number of phenols is 1. The number of phenolic OH excluding ortho intramolecular Hbond substituents is 1. The summed E-state index contributed by atoms with van der Waals surface area (Å²) in [5.41, 5.74) is 0.921. The Morgan fingerprint density at radius 1 is 1.33 bits per heavy atom. The molecule has 2 nitrogen and oxygen atoms in total. The second-order valence-corrected chi connectivity index (χ2v) is 3.99. The van der Waals surface area contributed by atoms with Crippen LogP contribution in [0.3, 0.4) is 0 Å². The van der Waals surface area contributed by atoms with Crippen LogP contribution in [-0.2, 0) is 4.79 Å². The summed E-state index contributed by atoms with van der Waals surface area (Å²) in [4.78, 5) is 11.4. The highest BCUT2D eigenvalue weighted by atomic mass is 16.3. The number of aromatic hydroxyl groups is 1. The third kappa shape index (κ3) is 4.45. The van der Waals surface area contributed by atoms with E-state index in [-0.39, 0.29) is 11.5 Å². The van der Waals surface area contributed by atoms with Gasteiger partial charge in [-0.2, -0.15) is 0 Å². The number of benzene rings is 1. The molecule has 1 aromatic carbocycles. The molecule has 0 radical (unpaired) electrons. The van der Waals surface area contributed by atoms with E-state index in [1.54, 1.807) is 36.4 Å². The smallest absolute Gasteiger partial charge is 0.155 e. The van der Waals surface area contributed by atoms with E-state index in [9.17, 15) is 4.79 Å². The van der Waals surface area contributed by atoms with Gasteiger partial charge in [-0.15, -0.1) is 0 Å². The molecule has 0 aromatic heterocycles. The van der Waals surface area contributed by atoms with Crippen molar-refractivity contribution in [2.45, 2.75) is 20.3 Å². The number of ketones is 1. The highest BCUT2D eigenvalue weighted by Crippen LogP contribution is 2.11. The maximum atomic E-state index is 11.4. The molecule has 0 fully saturated rings. The van der Waals surface area contributed by atoms with Crippen molar-refractivity contribution in [3.63, 3.8) is 0 Å². The Hall–Kier alpha value is -1.57. The first kappa shape index (κ1) is 11.5. The maximum absolute atomic E-state index is 11.4. The average Bonchev–Trinajstić information content (AvgIpc) is 2.16. The number of hydrogen-bond donors (Lipinski definition) is 1. The summed E-state index contributed by atoms with van der Waals surface area (Å²) in [5.74, 6) is 0.765. The molecule has 0 aliphatic rings. The number of carbonyl (C=O) groups excluding carboxylic acids is 1. The van der Waals surface area contributed by atoms with Crippen LogP contribution in [0, 0.1) is 5.92 Å². The molecule has 15 heavy (non-hydrogen) atoms. The van der Waals surface area contributed by atoms with Crippen LogP contribution in [0.2, 0.25) is 0 Å². The van der Waals surface area contributed by atoms with Gasteiger partial charge in [0, 0.05) is 6.42 Å². The minimum absolute atomic E-state index is 0.137. The summed E-state index contributed by atoms with van der Waals surface area (Å²) >= 11 is 0. The van der Waals surface area contributed by atoms with Crippen LogP contribution < -0.4 is 0 Å². The van der Waals surface area contributed by atoms with Crippen LogP contribution in [0.5, 0.6) is 5.75 Å². The van der Waals surface area contributed by atoms with Gasteiger partial charge in [0.05, 0.1) is 0 Å². The van der Waals surface area contributed by atoms with Gasteiger partial charge in [-0.25, -0.2) is 0 Å². The van der Waals surface area contributed by atoms with Gasteiger partial charge >= 0.3 is 0 Å². The quantitative estimate of drug-likeness (QED) is 0.765. The van der Waals surface area contributed by atoms with E-state index in [1.165, 1.54) is 0 Å². The van der Waals surface area contributed by atoms with Crippen LogP contribution in [0.1, 0.15) is 25.8 Å². The number of carbonyl (C=O) groups is 1. The minimum atomic E-state index is 0.137. The van der Waals surface area contributed by atoms with Gasteiger partial charge < -0.3 is 5.11 Å². The van der Waals surface area contributed by atoms with Crippen molar-refractivity contribution in [1.82, 2.24) is 0 Å². The van der Waals surface area contributed by atoms with Gasteiger partial charge in [-0.05, 0) is 29.7 Å². The highest BCUT2D eigenvalue weighted by molar-refractivity contribution is 5.93. The van der Waals surface area contributed by atoms with Crippen LogP contribution >= 0.6 is 0 Å². The van der Waals surface area contributed by atoms with Crippen molar-refractivity contribution in [1.29, 1.82) is 0 Å². The Morgan fingerprint density at radius 2 is 1.93 bits per heavy atom. The van der Waals surface area contributed by atoms with Crippen molar-refractivity contribution >= 4 is 11.9 Å². The van der Waals surface area contributed by atoms with E-state index in [4.69, 9.17) is 5.11 Å². The third-order valence-corrected chi connectivity index (χ3v) is 1.96. The molecule has 1 N–H and O–H groups in total.